The molecule has 2 atom stereocenters. The van der Waals surface area contributed by atoms with Gasteiger partial charge >= 0.3 is 5.97 Å². The molecule has 20 heavy (non-hydrogen) atoms. The summed E-state index contributed by atoms with van der Waals surface area (Å²) in [4.78, 5) is 18.4. The third kappa shape index (κ3) is 4.63. The second-order valence-corrected chi connectivity index (χ2v) is 4.85. The maximum atomic E-state index is 11.7. The lowest BCUT2D eigenvalue weighted by Crippen LogP contribution is -2.36. The molecule has 1 aromatic rings. The zero-order valence-electron chi connectivity index (χ0n) is 11.7. The number of ether oxygens (including phenoxy) is 1. The van der Waals surface area contributed by atoms with Crippen LogP contribution in [0.4, 0.5) is 0 Å². The normalized spacial score (nSPS) is 12.8. The summed E-state index contributed by atoms with van der Waals surface area (Å²) < 4.78 is 16.2. The van der Waals surface area contributed by atoms with Gasteiger partial charge in [0.05, 0.1) is 6.61 Å². The molecule has 1 rings (SSSR count). The Balaban J connectivity index is 2.83. The van der Waals surface area contributed by atoms with Gasteiger partial charge in [-0.05, 0) is 38.4 Å². The highest BCUT2D eigenvalue weighted by atomic mass is 31.1. The fourth-order valence-electron chi connectivity index (χ4n) is 1.63. The van der Waals surface area contributed by atoms with Crippen LogP contribution in [-0.4, -0.2) is 30.0 Å². The average molecular weight is 300 g/mol. The van der Waals surface area contributed by atoms with Crippen LogP contribution in [0.15, 0.2) is 24.3 Å². The van der Waals surface area contributed by atoms with Crippen LogP contribution < -0.4 is 10.6 Å². The van der Waals surface area contributed by atoms with Gasteiger partial charge in [-0.2, -0.15) is 0 Å². The number of rotatable bonds is 8. The van der Waals surface area contributed by atoms with E-state index in [1.54, 1.807) is 19.9 Å². The maximum Gasteiger partial charge on any atom is 0.327 e. The van der Waals surface area contributed by atoms with Crippen LogP contribution in [0.3, 0.4) is 0 Å². The number of hydroxylamine groups is 1. The molecule has 0 aliphatic carbocycles. The lowest BCUT2D eigenvalue weighted by molar-refractivity contribution is -0.153. The molecule has 0 bridgehead atoms. The van der Waals surface area contributed by atoms with Gasteiger partial charge in [0.15, 0.2) is 14.4 Å². The second-order valence-electron chi connectivity index (χ2n) is 4.13. The van der Waals surface area contributed by atoms with Crippen molar-refractivity contribution in [3.63, 3.8) is 0 Å². The Bertz CT molecular complexity index is 456. The van der Waals surface area contributed by atoms with Gasteiger partial charge in [0, 0.05) is 0 Å². The number of hydrogen-bond acceptors (Lipinski definition) is 5. The van der Waals surface area contributed by atoms with E-state index in [-0.39, 0.29) is 6.61 Å². The van der Waals surface area contributed by atoms with E-state index in [0.29, 0.717) is 18.7 Å². The first-order valence-electron chi connectivity index (χ1n) is 6.50. The monoisotopic (exact) mass is 300 g/mol. The van der Waals surface area contributed by atoms with Crippen LogP contribution in [0.5, 0.6) is 5.75 Å². The Morgan fingerprint density at radius 1 is 1.45 bits per heavy atom. The summed E-state index contributed by atoms with van der Waals surface area (Å²) in [6.45, 7) is 4.07. The SMILES string of the molecule is CCOC(=O)[C@H](C)N(Oc1ccccc1CCN)[PH2]=O. The van der Waals surface area contributed by atoms with Gasteiger partial charge in [0.25, 0.3) is 0 Å². The Morgan fingerprint density at radius 2 is 2.15 bits per heavy atom. The second kappa shape index (κ2) is 8.74. The molecular formula is C13H21N2O4P. The van der Waals surface area contributed by atoms with Crippen molar-refractivity contribution in [3.05, 3.63) is 29.8 Å². The molecule has 0 amide bonds. The summed E-state index contributed by atoms with van der Waals surface area (Å²) in [6.07, 6.45) is 0.645. The number of esters is 1. The smallest absolute Gasteiger partial charge is 0.327 e. The largest absolute Gasteiger partial charge is 0.465 e. The van der Waals surface area contributed by atoms with Crippen LogP contribution in [0.1, 0.15) is 19.4 Å². The standard InChI is InChI=1S/C13H21N2O4P/c1-3-18-13(16)10(2)15(20-17)19-12-7-5-4-6-11(12)8-9-14/h4-7,10H,3,8-9,14,20H2,1-2H3/t10-/m0/s1. The van der Waals surface area contributed by atoms with E-state index < -0.39 is 20.6 Å². The number of nitrogens with two attached hydrogens (primary N) is 1. The summed E-state index contributed by atoms with van der Waals surface area (Å²) in [5.74, 6) is 0.0876. The summed E-state index contributed by atoms with van der Waals surface area (Å²) in [5.41, 5.74) is 6.45. The van der Waals surface area contributed by atoms with Crippen molar-refractivity contribution >= 4 is 14.6 Å². The quantitative estimate of drug-likeness (QED) is 0.444. The molecule has 0 saturated heterocycles. The first kappa shape index (κ1) is 16.7. The van der Waals surface area contributed by atoms with Crippen molar-refractivity contribution in [2.75, 3.05) is 13.2 Å². The van der Waals surface area contributed by atoms with Gasteiger partial charge < -0.3 is 19.9 Å². The predicted molar refractivity (Wildman–Crippen MR) is 78.2 cm³/mol. The van der Waals surface area contributed by atoms with Gasteiger partial charge in [-0.25, -0.2) is 0 Å². The maximum absolute atomic E-state index is 11.7. The molecule has 1 aromatic carbocycles. The first-order chi connectivity index (χ1) is 9.63. The highest BCUT2D eigenvalue weighted by Crippen LogP contribution is 2.23. The summed E-state index contributed by atoms with van der Waals surface area (Å²) in [7, 11) is -1.42. The molecule has 0 aliphatic rings. The molecule has 0 aromatic heterocycles. The van der Waals surface area contributed by atoms with Crippen LogP contribution in [-0.2, 0) is 20.5 Å². The molecule has 2 N–H and O–H groups in total. The third-order valence-corrected chi connectivity index (χ3v) is 3.46. The van der Waals surface area contributed by atoms with E-state index in [4.69, 9.17) is 15.3 Å². The Hall–Kier alpha value is -1.36. The van der Waals surface area contributed by atoms with Crippen molar-refractivity contribution in [1.82, 2.24) is 4.83 Å². The number of nitrogens with zero attached hydrogens (tertiary/aromatic N) is 1. The van der Waals surface area contributed by atoms with Crippen molar-refractivity contribution in [3.8, 4) is 5.75 Å². The highest BCUT2D eigenvalue weighted by Gasteiger charge is 2.24. The summed E-state index contributed by atoms with van der Waals surface area (Å²) >= 11 is 0. The van der Waals surface area contributed by atoms with E-state index in [9.17, 15) is 9.36 Å². The van der Waals surface area contributed by atoms with E-state index >= 15 is 0 Å². The lowest BCUT2D eigenvalue weighted by Gasteiger charge is -2.23. The molecule has 0 heterocycles. The van der Waals surface area contributed by atoms with Crippen LogP contribution in [0.2, 0.25) is 0 Å². The van der Waals surface area contributed by atoms with E-state index in [1.165, 1.54) is 0 Å². The predicted octanol–water partition coefficient (Wildman–Crippen LogP) is 1.41. The summed E-state index contributed by atoms with van der Waals surface area (Å²) in [5, 5.41) is 0. The van der Waals surface area contributed by atoms with Gasteiger partial charge in [0.1, 0.15) is 6.04 Å². The van der Waals surface area contributed by atoms with Gasteiger partial charge in [-0.1, -0.05) is 23.0 Å². The molecule has 0 saturated carbocycles. The zero-order chi connectivity index (χ0) is 15.0. The number of para-hydroxylation sites is 1. The van der Waals surface area contributed by atoms with Gasteiger partial charge in [0.2, 0.25) is 0 Å². The Kier molecular flexibility index (Phi) is 7.30. The van der Waals surface area contributed by atoms with Crippen LogP contribution >= 0.6 is 8.61 Å². The molecule has 0 aliphatic heterocycles. The van der Waals surface area contributed by atoms with Crippen LogP contribution in [0.25, 0.3) is 0 Å². The van der Waals surface area contributed by atoms with Crippen LogP contribution in [0, 0.1) is 0 Å². The van der Waals surface area contributed by atoms with Crippen molar-refractivity contribution in [2.24, 2.45) is 5.73 Å². The zero-order valence-corrected chi connectivity index (χ0v) is 12.9. The van der Waals surface area contributed by atoms with E-state index in [2.05, 4.69) is 0 Å². The molecule has 6 nitrogen and oxygen atoms in total. The first-order valence-corrected chi connectivity index (χ1v) is 7.49. The Labute approximate surface area is 120 Å². The number of carbonyl (C=O) groups excluding carboxylic acids is 1. The Morgan fingerprint density at radius 3 is 2.75 bits per heavy atom. The summed E-state index contributed by atoms with van der Waals surface area (Å²) in [6, 6.07) is 6.60. The minimum atomic E-state index is -1.42. The molecule has 0 spiro atoms. The lowest BCUT2D eigenvalue weighted by atomic mass is 10.1. The van der Waals surface area contributed by atoms with E-state index in [1.807, 2.05) is 18.2 Å². The fourth-order valence-corrected chi connectivity index (χ4v) is 2.09. The molecule has 0 fully saturated rings. The molecule has 0 radical (unpaired) electrons. The number of hydrogen-bond donors (Lipinski definition) is 1. The third-order valence-electron chi connectivity index (χ3n) is 2.70. The molecule has 7 heteroatoms. The fraction of sp³-hybridized carbons (Fsp3) is 0.462. The van der Waals surface area contributed by atoms with Crippen molar-refractivity contribution < 1.29 is 18.9 Å². The minimum absolute atomic E-state index is 0.273. The van der Waals surface area contributed by atoms with Gasteiger partial charge in [-0.3, -0.25) is 4.79 Å². The number of benzene rings is 1. The van der Waals surface area contributed by atoms with E-state index in [0.717, 1.165) is 10.4 Å². The van der Waals surface area contributed by atoms with Crippen molar-refractivity contribution in [1.29, 1.82) is 0 Å². The average Bonchev–Trinajstić information content (AvgIpc) is 2.46. The molecule has 112 valence electrons. The number of carbonyl (C=O) groups is 1. The molecule has 1 unspecified atom stereocenters. The van der Waals surface area contributed by atoms with Gasteiger partial charge in [-0.15, -0.1) is 0 Å². The minimum Gasteiger partial charge on any atom is -0.465 e. The van der Waals surface area contributed by atoms with Crippen molar-refractivity contribution in [2.45, 2.75) is 26.3 Å². The molecular weight excluding hydrogens is 279 g/mol. The topological polar surface area (TPSA) is 81.9 Å². The highest BCUT2D eigenvalue weighted by molar-refractivity contribution is 7.20.